The Morgan fingerprint density at radius 3 is 3.23 bits per heavy atom. The van der Waals surface area contributed by atoms with Crippen LogP contribution < -0.4 is 0 Å². The number of carbonyl (C=O) groups is 1. The van der Waals surface area contributed by atoms with Gasteiger partial charge in [-0.3, -0.25) is 9.69 Å². The molecule has 0 radical (unpaired) electrons. The lowest BCUT2D eigenvalue weighted by molar-refractivity contribution is -0.153. The summed E-state index contributed by atoms with van der Waals surface area (Å²) in [5.74, 6) is 1.94. The zero-order valence-electron chi connectivity index (χ0n) is 7.66. The standard InChI is InChI=1S/C9H13NO3/c1-3-5-13-9(11)8-7-12-6-4-10(8)2/h1,8H,4-7H2,2H3. The molecule has 0 aromatic carbocycles. The first-order valence-electron chi connectivity index (χ1n) is 4.14. The third kappa shape index (κ3) is 2.72. The van der Waals surface area contributed by atoms with E-state index in [0.717, 1.165) is 6.54 Å². The Balaban J connectivity index is 2.40. The van der Waals surface area contributed by atoms with E-state index >= 15 is 0 Å². The predicted molar refractivity (Wildman–Crippen MR) is 47.0 cm³/mol. The summed E-state index contributed by atoms with van der Waals surface area (Å²) < 4.78 is 9.96. The number of nitrogens with zero attached hydrogens (tertiary/aromatic N) is 1. The van der Waals surface area contributed by atoms with Crippen LogP contribution in [0.3, 0.4) is 0 Å². The van der Waals surface area contributed by atoms with Gasteiger partial charge in [0.15, 0.2) is 6.61 Å². The summed E-state index contributed by atoms with van der Waals surface area (Å²) in [5.41, 5.74) is 0. The number of morpholine rings is 1. The van der Waals surface area contributed by atoms with Crippen LogP contribution in [-0.2, 0) is 14.3 Å². The summed E-state index contributed by atoms with van der Waals surface area (Å²) in [6.07, 6.45) is 4.97. The molecule has 1 atom stereocenters. The molecule has 1 unspecified atom stereocenters. The molecule has 4 nitrogen and oxygen atoms in total. The Morgan fingerprint density at radius 1 is 1.85 bits per heavy atom. The van der Waals surface area contributed by atoms with Gasteiger partial charge in [0.1, 0.15) is 6.04 Å². The van der Waals surface area contributed by atoms with Gasteiger partial charge in [0, 0.05) is 6.54 Å². The van der Waals surface area contributed by atoms with Gasteiger partial charge in [-0.05, 0) is 7.05 Å². The molecule has 4 heteroatoms. The second-order valence-electron chi connectivity index (χ2n) is 2.88. The molecule has 1 heterocycles. The highest BCUT2D eigenvalue weighted by molar-refractivity contribution is 5.76. The number of rotatable bonds is 2. The average Bonchev–Trinajstić information content (AvgIpc) is 2.15. The van der Waals surface area contributed by atoms with Gasteiger partial charge in [-0.1, -0.05) is 5.92 Å². The van der Waals surface area contributed by atoms with E-state index in [4.69, 9.17) is 15.9 Å². The minimum atomic E-state index is -0.305. The van der Waals surface area contributed by atoms with Crippen LogP contribution in [0.25, 0.3) is 0 Å². The molecule has 1 fully saturated rings. The zero-order valence-corrected chi connectivity index (χ0v) is 7.66. The minimum absolute atomic E-state index is 0.0309. The highest BCUT2D eigenvalue weighted by Crippen LogP contribution is 2.05. The lowest BCUT2D eigenvalue weighted by Crippen LogP contribution is -2.48. The Kier molecular flexibility index (Phi) is 3.74. The molecule has 1 aliphatic heterocycles. The Bertz CT molecular complexity index is 221. The van der Waals surface area contributed by atoms with E-state index in [1.807, 2.05) is 11.9 Å². The van der Waals surface area contributed by atoms with Crippen molar-refractivity contribution in [2.75, 3.05) is 33.4 Å². The van der Waals surface area contributed by atoms with Gasteiger partial charge < -0.3 is 9.47 Å². The van der Waals surface area contributed by atoms with Gasteiger partial charge >= 0.3 is 5.97 Å². The molecule has 72 valence electrons. The molecule has 0 aliphatic carbocycles. The maximum atomic E-state index is 11.3. The van der Waals surface area contributed by atoms with E-state index in [-0.39, 0.29) is 18.6 Å². The van der Waals surface area contributed by atoms with E-state index in [2.05, 4.69) is 5.92 Å². The van der Waals surface area contributed by atoms with Gasteiger partial charge in [0.05, 0.1) is 13.2 Å². The van der Waals surface area contributed by atoms with Crippen molar-refractivity contribution in [1.29, 1.82) is 0 Å². The predicted octanol–water partition coefficient (Wildman–Crippen LogP) is -0.507. The van der Waals surface area contributed by atoms with Crippen molar-refractivity contribution in [2.24, 2.45) is 0 Å². The van der Waals surface area contributed by atoms with Gasteiger partial charge in [-0.25, -0.2) is 0 Å². The van der Waals surface area contributed by atoms with Crippen LogP contribution >= 0.6 is 0 Å². The Labute approximate surface area is 77.8 Å². The molecule has 0 saturated carbocycles. The molecule has 0 spiro atoms. The molecule has 1 rings (SSSR count). The fraction of sp³-hybridized carbons (Fsp3) is 0.667. The number of carbonyl (C=O) groups excluding carboxylic acids is 1. The van der Waals surface area contributed by atoms with Crippen LogP contribution in [0.5, 0.6) is 0 Å². The maximum Gasteiger partial charge on any atom is 0.326 e. The highest BCUT2D eigenvalue weighted by atomic mass is 16.5. The summed E-state index contributed by atoms with van der Waals surface area (Å²) in [6.45, 7) is 1.83. The third-order valence-corrected chi connectivity index (χ3v) is 1.97. The van der Waals surface area contributed by atoms with Gasteiger partial charge in [-0.15, -0.1) is 6.42 Å². The van der Waals surface area contributed by atoms with E-state index in [1.54, 1.807) is 0 Å². The van der Waals surface area contributed by atoms with E-state index in [0.29, 0.717) is 13.2 Å². The first kappa shape index (κ1) is 10.0. The summed E-state index contributed by atoms with van der Waals surface area (Å²) in [5, 5.41) is 0. The van der Waals surface area contributed by atoms with Crippen LogP contribution in [0.1, 0.15) is 0 Å². The smallest absolute Gasteiger partial charge is 0.326 e. The van der Waals surface area contributed by atoms with Gasteiger partial charge in [-0.2, -0.15) is 0 Å². The largest absolute Gasteiger partial charge is 0.451 e. The minimum Gasteiger partial charge on any atom is -0.451 e. The van der Waals surface area contributed by atoms with Gasteiger partial charge in [0.25, 0.3) is 0 Å². The first-order chi connectivity index (χ1) is 6.25. The first-order valence-corrected chi connectivity index (χ1v) is 4.14. The van der Waals surface area contributed by atoms with Crippen LogP contribution in [0.2, 0.25) is 0 Å². The van der Waals surface area contributed by atoms with Crippen molar-refractivity contribution < 1.29 is 14.3 Å². The number of likely N-dealkylation sites (N-methyl/N-ethyl adjacent to an activating group) is 1. The van der Waals surface area contributed by atoms with Crippen molar-refractivity contribution in [3.05, 3.63) is 0 Å². The Hall–Kier alpha value is -1.05. The van der Waals surface area contributed by atoms with Crippen molar-refractivity contribution in [1.82, 2.24) is 4.90 Å². The zero-order chi connectivity index (χ0) is 9.68. The molecule has 1 saturated heterocycles. The van der Waals surface area contributed by atoms with E-state index < -0.39 is 0 Å². The summed E-state index contributed by atoms with van der Waals surface area (Å²) in [4.78, 5) is 13.2. The fourth-order valence-electron chi connectivity index (χ4n) is 1.14. The molecule has 0 aromatic heterocycles. The van der Waals surface area contributed by atoms with Crippen LogP contribution in [0.4, 0.5) is 0 Å². The number of esters is 1. The number of hydrogen-bond acceptors (Lipinski definition) is 4. The lowest BCUT2D eigenvalue weighted by atomic mass is 10.2. The maximum absolute atomic E-state index is 11.3. The number of hydrogen-bond donors (Lipinski definition) is 0. The van der Waals surface area contributed by atoms with E-state index in [1.165, 1.54) is 0 Å². The van der Waals surface area contributed by atoms with Crippen molar-refractivity contribution in [3.63, 3.8) is 0 Å². The summed E-state index contributed by atoms with van der Waals surface area (Å²) in [7, 11) is 1.87. The SMILES string of the molecule is C#CCOC(=O)C1COCCN1C. The second kappa shape index (κ2) is 4.85. The average molecular weight is 183 g/mol. The molecule has 13 heavy (non-hydrogen) atoms. The van der Waals surface area contributed by atoms with Crippen molar-refractivity contribution in [2.45, 2.75) is 6.04 Å². The molecule has 0 amide bonds. The number of terminal acetylenes is 1. The quantitative estimate of drug-likeness (QED) is 0.427. The monoisotopic (exact) mass is 183 g/mol. The number of ether oxygens (including phenoxy) is 2. The second-order valence-corrected chi connectivity index (χ2v) is 2.88. The molecular weight excluding hydrogens is 170 g/mol. The van der Waals surface area contributed by atoms with Crippen LogP contribution in [0, 0.1) is 12.3 Å². The van der Waals surface area contributed by atoms with Crippen molar-refractivity contribution >= 4 is 5.97 Å². The molecule has 0 bridgehead atoms. The van der Waals surface area contributed by atoms with Gasteiger partial charge in [0.2, 0.25) is 0 Å². The molecular formula is C9H13NO3. The van der Waals surface area contributed by atoms with Crippen LogP contribution in [-0.4, -0.2) is 50.3 Å². The van der Waals surface area contributed by atoms with E-state index in [9.17, 15) is 4.79 Å². The molecule has 0 N–H and O–H groups in total. The normalized spacial score (nSPS) is 23.5. The topological polar surface area (TPSA) is 38.8 Å². The summed E-state index contributed by atoms with van der Waals surface area (Å²) in [6, 6.07) is -0.304. The highest BCUT2D eigenvalue weighted by Gasteiger charge is 2.27. The fourth-order valence-corrected chi connectivity index (χ4v) is 1.14. The van der Waals surface area contributed by atoms with Crippen LogP contribution in [0.15, 0.2) is 0 Å². The molecule has 0 aromatic rings. The Morgan fingerprint density at radius 2 is 2.62 bits per heavy atom. The third-order valence-electron chi connectivity index (χ3n) is 1.97. The lowest BCUT2D eigenvalue weighted by Gasteiger charge is -2.30. The molecule has 1 aliphatic rings. The summed E-state index contributed by atoms with van der Waals surface area (Å²) >= 11 is 0. The van der Waals surface area contributed by atoms with Crippen molar-refractivity contribution in [3.8, 4) is 12.3 Å².